The second-order valence-corrected chi connectivity index (χ2v) is 6.36. The third-order valence-corrected chi connectivity index (χ3v) is 4.96. The molecule has 0 saturated carbocycles. The summed E-state index contributed by atoms with van der Waals surface area (Å²) in [4.78, 5) is 0. The molecule has 0 spiro atoms. The largest absolute Gasteiger partial charge is 0.378 e. The highest BCUT2D eigenvalue weighted by Gasteiger charge is 2.34. The number of nitriles is 1. The van der Waals surface area contributed by atoms with E-state index < -0.39 is 0 Å². The highest BCUT2D eigenvalue weighted by Crippen LogP contribution is 2.39. The van der Waals surface area contributed by atoms with Gasteiger partial charge in [-0.2, -0.15) is 5.26 Å². The summed E-state index contributed by atoms with van der Waals surface area (Å²) < 4.78 is 5.68. The van der Waals surface area contributed by atoms with Crippen LogP contribution < -0.4 is 0 Å². The summed E-state index contributed by atoms with van der Waals surface area (Å²) in [6, 6.07) is 11.3. The first-order valence-corrected chi connectivity index (χ1v) is 7.91. The van der Waals surface area contributed by atoms with E-state index in [1.54, 1.807) is 0 Å². The lowest BCUT2D eigenvalue weighted by atomic mass is 9.70. The molecule has 1 saturated heterocycles. The zero-order chi connectivity index (χ0) is 13.8. The Bertz CT molecular complexity index is 498. The van der Waals surface area contributed by atoms with Crippen LogP contribution in [0.5, 0.6) is 0 Å². The van der Waals surface area contributed by atoms with Crippen LogP contribution in [0.4, 0.5) is 0 Å². The number of benzene rings is 1. The minimum atomic E-state index is -0.132. The van der Waals surface area contributed by atoms with Gasteiger partial charge in [0.05, 0.1) is 17.6 Å². The third kappa shape index (κ3) is 2.88. The van der Waals surface area contributed by atoms with E-state index in [1.165, 1.54) is 24.0 Å². The van der Waals surface area contributed by atoms with E-state index in [9.17, 15) is 5.26 Å². The summed E-state index contributed by atoms with van der Waals surface area (Å²) in [5.74, 6) is 0. The maximum absolute atomic E-state index is 9.68. The molecule has 1 aliphatic carbocycles. The minimum Gasteiger partial charge on any atom is -0.378 e. The fraction of sp³-hybridized carbons (Fsp3) is 0.611. The number of fused-ring (bicyclic) bond motifs is 1. The van der Waals surface area contributed by atoms with Crippen LogP contribution in [0, 0.1) is 16.7 Å². The van der Waals surface area contributed by atoms with Gasteiger partial charge in [0, 0.05) is 6.61 Å². The zero-order valence-electron chi connectivity index (χ0n) is 12.1. The number of aryl methyl sites for hydroxylation is 1. The molecule has 2 atom stereocenters. The van der Waals surface area contributed by atoms with Crippen molar-refractivity contribution in [1.82, 2.24) is 0 Å². The van der Waals surface area contributed by atoms with E-state index in [0.29, 0.717) is 6.10 Å². The van der Waals surface area contributed by atoms with Crippen molar-refractivity contribution >= 4 is 0 Å². The molecule has 2 heteroatoms. The van der Waals surface area contributed by atoms with Crippen molar-refractivity contribution < 1.29 is 4.74 Å². The zero-order valence-corrected chi connectivity index (χ0v) is 12.1. The molecule has 0 amide bonds. The quantitative estimate of drug-likeness (QED) is 0.826. The van der Waals surface area contributed by atoms with Crippen molar-refractivity contribution in [3.63, 3.8) is 0 Å². The summed E-state index contributed by atoms with van der Waals surface area (Å²) >= 11 is 0. The van der Waals surface area contributed by atoms with Gasteiger partial charge in [0.2, 0.25) is 0 Å². The fourth-order valence-electron chi connectivity index (χ4n) is 3.71. The molecule has 0 radical (unpaired) electrons. The molecule has 1 aromatic carbocycles. The van der Waals surface area contributed by atoms with E-state index >= 15 is 0 Å². The molecule has 1 fully saturated rings. The molecular weight excluding hydrogens is 246 g/mol. The Kier molecular flexibility index (Phi) is 4.08. The van der Waals surface area contributed by atoms with Gasteiger partial charge < -0.3 is 4.74 Å². The summed E-state index contributed by atoms with van der Waals surface area (Å²) in [5.41, 5.74) is 2.70. The summed E-state index contributed by atoms with van der Waals surface area (Å²) in [7, 11) is 0. The predicted octanol–water partition coefficient (Wildman–Crippen LogP) is 4.03. The van der Waals surface area contributed by atoms with Gasteiger partial charge in [0.15, 0.2) is 0 Å². The van der Waals surface area contributed by atoms with Crippen molar-refractivity contribution in [2.75, 3.05) is 6.61 Å². The van der Waals surface area contributed by atoms with Gasteiger partial charge in [-0.25, -0.2) is 0 Å². The lowest BCUT2D eigenvalue weighted by molar-refractivity contribution is 0.0988. The number of rotatable bonds is 4. The van der Waals surface area contributed by atoms with E-state index in [-0.39, 0.29) is 5.41 Å². The molecule has 1 aromatic rings. The van der Waals surface area contributed by atoms with Crippen molar-refractivity contribution in [2.45, 2.75) is 57.5 Å². The molecular formula is C18H23NO. The first kappa shape index (κ1) is 13.6. The number of hydrogen-bond donors (Lipinski definition) is 0. The molecule has 0 aromatic heterocycles. The molecule has 0 N–H and O–H groups in total. The van der Waals surface area contributed by atoms with E-state index in [0.717, 1.165) is 45.1 Å². The Morgan fingerprint density at radius 2 is 2.15 bits per heavy atom. The average molecular weight is 269 g/mol. The van der Waals surface area contributed by atoms with Crippen molar-refractivity contribution in [3.05, 3.63) is 35.4 Å². The van der Waals surface area contributed by atoms with E-state index in [1.807, 2.05) is 0 Å². The van der Waals surface area contributed by atoms with Crippen LogP contribution in [0.3, 0.4) is 0 Å². The molecule has 3 rings (SSSR count). The lowest BCUT2D eigenvalue weighted by Gasteiger charge is -2.32. The maximum Gasteiger partial charge on any atom is 0.0693 e. The van der Waals surface area contributed by atoms with Crippen molar-refractivity contribution in [3.8, 4) is 6.07 Å². The molecule has 2 unspecified atom stereocenters. The molecule has 2 nitrogen and oxygen atoms in total. The van der Waals surface area contributed by atoms with Crippen LogP contribution in [-0.4, -0.2) is 12.7 Å². The van der Waals surface area contributed by atoms with Gasteiger partial charge in [0.1, 0.15) is 0 Å². The van der Waals surface area contributed by atoms with Crippen molar-refractivity contribution in [1.29, 1.82) is 5.26 Å². The Hall–Kier alpha value is -1.33. The highest BCUT2D eigenvalue weighted by atomic mass is 16.5. The molecule has 106 valence electrons. The lowest BCUT2D eigenvalue weighted by Crippen LogP contribution is -2.27. The second kappa shape index (κ2) is 5.97. The Morgan fingerprint density at radius 1 is 1.30 bits per heavy atom. The number of hydrogen-bond acceptors (Lipinski definition) is 2. The Balaban J connectivity index is 1.60. The minimum absolute atomic E-state index is 0.132. The van der Waals surface area contributed by atoms with Gasteiger partial charge in [0.25, 0.3) is 0 Å². The molecule has 20 heavy (non-hydrogen) atoms. The van der Waals surface area contributed by atoms with Crippen LogP contribution >= 0.6 is 0 Å². The molecule has 1 aliphatic heterocycles. The SMILES string of the molecule is N#CC1(CCCC2CCCO2)CCc2ccccc2C1. The Morgan fingerprint density at radius 3 is 2.90 bits per heavy atom. The maximum atomic E-state index is 9.68. The van der Waals surface area contributed by atoms with Gasteiger partial charge in [-0.05, 0) is 62.5 Å². The normalized spacial score (nSPS) is 28.9. The summed E-state index contributed by atoms with van der Waals surface area (Å²) in [5, 5.41) is 9.68. The van der Waals surface area contributed by atoms with E-state index in [4.69, 9.17) is 4.74 Å². The van der Waals surface area contributed by atoms with Gasteiger partial charge in [-0.3, -0.25) is 0 Å². The van der Waals surface area contributed by atoms with Crippen LogP contribution in [0.15, 0.2) is 24.3 Å². The predicted molar refractivity (Wildman–Crippen MR) is 79.3 cm³/mol. The van der Waals surface area contributed by atoms with Gasteiger partial charge in [-0.15, -0.1) is 0 Å². The molecule has 0 bridgehead atoms. The number of ether oxygens (including phenoxy) is 1. The molecule has 1 heterocycles. The van der Waals surface area contributed by atoms with E-state index in [2.05, 4.69) is 30.3 Å². The van der Waals surface area contributed by atoms with Gasteiger partial charge in [-0.1, -0.05) is 24.3 Å². The summed E-state index contributed by atoms with van der Waals surface area (Å²) in [6.07, 6.45) is 9.18. The first-order chi connectivity index (χ1) is 9.81. The van der Waals surface area contributed by atoms with Crippen molar-refractivity contribution in [2.24, 2.45) is 5.41 Å². The average Bonchev–Trinajstić information content (AvgIpc) is 3.00. The Labute approximate surface area is 121 Å². The topological polar surface area (TPSA) is 33.0 Å². The molecule has 2 aliphatic rings. The fourth-order valence-corrected chi connectivity index (χ4v) is 3.71. The number of nitrogens with zero attached hydrogens (tertiary/aromatic N) is 1. The van der Waals surface area contributed by atoms with Gasteiger partial charge >= 0.3 is 0 Å². The smallest absolute Gasteiger partial charge is 0.0693 e. The third-order valence-electron chi connectivity index (χ3n) is 4.96. The van der Waals surface area contributed by atoms with Crippen LogP contribution in [0.2, 0.25) is 0 Å². The monoisotopic (exact) mass is 269 g/mol. The highest BCUT2D eigenvalue weighted by molar-refractivity contribution is 5.32. The standard InChI is InChI=1S/C18H23NO/c19-14-18(10-3-7-17-8-4-12-20-17)11-9-15-5-1-2-6-16(15)13-18/h1-2,5-6,17H,3-4,7-13H2. The van der Waals surface area contributed by atoms with Crippen LogP contribution in [0.1, 0.15) is 49.7 Å². The second-order valence-electron chi connectivity index (χ2n) is 6.36. The van der Waals surface area contributed by atoms with Crippen LogP contribution in [0.25, 0.3) is 0 Å². The van der Waals surface area contributed by atoms with Crippen LogP contribution in [-0.2, 0) is 17.6 Å². The summed E-state index contributed by atoms with van der Waals surface area (Å²) in [6.45, 7) is 0.932. The first-order valence-electron chi connectivity index (χ1n) is 7.91.